The lowest BCUT2D eigenvalue weighted by Gasteiger charge is -2.10. The molecule has 13 heavy (non-hydrogen) atoms. The molecule has 1 aromatic rings. The quantitative estimate of drug-likeness (QED) is 0.783. The molecular weight excluding hydrogens is 230 g/mol. The van der Waals surface area contributed by atoms with Crippen molar-refractivity contribution in [1.82, 2.24) is 4.57 Å². The van der Waals surface area contributed by atoms with Gasteiger partial charge in [0.2, 0.25) is 0 Å². The van der Waals surface area contributed by atoms with Crippen LogP contribution in [-0.4, -0.2) is 4.57 Å². The number of hydrogen-bond acceptors (Lipinski definition) is 1. The summed E-state index contributed by atoms with van der Waals surface area (Å²) in [5, 5.41) is 0. The second-order valence-corrected chi connectivity index (χ2v) is 3.86. The standard InChI is InChI=1S/C10H14BrNO/c1-4-8-6-9(11)7(3)12(5-2)10(8)13/h6H,4-5H2,1-3H3. The second kappa shape index (κ2) is 4.09. The minimum Gasteiger partial charge on any atom is -0.312 e. The number of halogens is 1. The number of pyridine rings is 1. The Bertz CT molecular complexity index is 368. The normalized spacial score (nSPS) is 10.5. The van der Waals surface area contributed by atoms with E-state index >= 15 is 0 Å². The van der Waals surface area contributed by atoms with Gasteiger partial charge < -0.3 is 4.57 Å². The zero-order chi connectivity index (χ0) is 10.0. The molecule has 0 radical (unpaired) electrons. The lowest BCUT2D eigenvalue weighted by Crippen LogP contribution is -2.24. The summed E-state index contributed by atoms with van der Waals surface area (Å²) >= 11 is 3.45. The monoisotopic (exact) mass is 243 g/mol. The minimum atomic E-state index is 0.144. The summed E-state index contributed by atoms with van der Waals surface area (Å²) in [6.45, 7) is 6.67. The first-order chi connectivity index (χ1) is 6.11. The minimum absolute atomic E-state index is 0.144. The van der Waals surface area contributed by atoms with E-state index in [0.29, 0.717) is 0 Å². The second-order valence-electron chi connectivity index (χ2n) is 3.01. The Labute approximate surface area is 86.7 Å². The van der Waals surface area contributed by atoms with Crippen LogP contribution in [0.3, 0.4) is 0 Å². The van der Waals surface area contributed by atoms with Gasteiger partial charge in [-0.15, -0.1) is 0 Å². The summed E-state index contributed by atoms with van der Waals surface area (Å²) in [7, 11) is 0. The molecule has 1 rings (SSSR count). The molecule has 0 aliphatic heterocycles. The summed E-state index contributed by atoms with van der Waals surface area (Å²) < 4.78 is 2.81. The van der Waals surface area contributed by atoms with Gasteiger partial charge in [-0.2, -0.15) is 0 Å². The van der Waals surface area contributed by atoms with Crippen LogP contribution in [-0.2, 0) is 13.0 Å². The van der Waals surface area contributed by atoms with Gasteiger partial charge in [-0.3, -0.25) is 4.79 Å². The molecule has 1 aromatic heterocycles. The molecule has 0 aromatic carbocycles. The van der Waals surface area contributed by atoms with Crippen molar-refractivity contribution in [3.8, 4) is 0 Å². The largest absolute Gasteiger partial charge is 0.312 e. The van der Waals surface area contributed by atoms with Crippen LogP contribution in [0.5, 0.6) is 0 Å². The molecular formula is C10H14BrNO. The Balaban J connectivity index is 3.48. The number of nitrogens with zero attached hydrogens (tertiary/aromatic N) is 1. The number of rotatable bonds is 2. The van der Waals surface area contributed by atoms with Crippen LogP contribution in [0.25, 0.3) is 0 Å². The van der Waals surface area contributed by atoms with Gasteiger partial charge in [0.1, 0.15) is 0 Å². The van der Waals surface area contributed by atoms with E-state index < -0.39 is 0 Å². The highest BCUT2D eigenvalue weighted by atomic mass is 79.9. The van der Waals surface area contributed by atoms with E-state index in [9.17, 15) is 4.79 Å². The molecule has 0 saturated heterocycles. The van der Waals surface area contributed by atoms with E-state index in [1.807, 2.05) is 26.8 Å². The predicted molar refractivity (Wildman–Crippen MR) is 58.2 cm³/mol. The summed E-state index contributed by atoms with van der Waals surface area (Å²) in [5.74, 6) is 0. The van der Waals surface area contributed by atoms with Crippen molar-refractivity contribution in [2.45, 2.75) is 33.7 Å². The van der Waals surface area contributed by atoms with E-state index in [2.05, 4.69) is 15.9 Å². The van der Waals surface area contributed by atoms with Gasteiger partial charge >= 0.3 is 0 Å². The Morgan fingerprint density at radius 2 is 2.08 bits per heavy atom. The predicted octanol–water partition coefficient (Wildman–Crippen LogP) is 2.50. The van der Waals surface area contributed by atoms with Gasteiger partial charge in [-0.25, -0.2) is 0 Å². The summed E-state index contributed by atoms with van der Waals surface area (Å²) in [6, 6.07) is 1.92. The first kappa shape index (κ1) is 10.5. The highest BCUT2D eigenvalue weighted by Gasteiger charge is 2.06. The molecule has 0 unspecified atom stereocenters. The van der Waals surface area contributed by atoms with Crippen LogP contribution in [0.1, 0.15) is 25.1 Å². The summed E-state index contributed by atoms with van der Waals surface area (Å²) in [5.41, 5.74) is 2.02. The molecule has 0 spiro atoms. The average molecular weight is 244 g/mol. The van der Waals surface area contributed by atoms with Crippen molar-refractivity contribution in [3.63, 3.8) is 0 Å². The van der Waals surface area contributed by atoms with Crippen molar-refractivity contribution in [2.24, 2.45) is 0 Å². The van der Waals surface area contributed by atoms with E-state index in [-0.39, 0.29) is 5.56 Å². The van der Waals surface area contributed by atoms with E-state index in [4.69, 9.17) is 0 Å². The first-order valence-electron chi connectivity index (χ1n) is 4.50. The molecule has 0 saturated carbocycles. The maximum Gasteiger partial charge on any atom is 0.253 e. The molecule has 0 atom stereocenters. The fraction of sp³-hybridized carbons (Fsp3) is 0.500. The third-order valence-electron chi connectivity index (χ3n) is 2.27. The zero-order valence-corrected chi connectivity index (χ0v) is 9.81. The summed E-state index contributed by atoms with van der Waals surface area (Å²) in [6.07, 6.45) is 0.789. The highest BCUT2D eigenvalue weighted by molar-refractivity contribution is 9.10. The molecule has 0 aliphatic rings. The van der Waals surface area contributed by atoms with Crippen LogP contribution in [0.4, 0.5) is 0 Å². The fourth-order valence-corrected chi connectivity index (χ4v) is 1.90. The van der Waals surface area contributed by atoms with Crippen molar-refractivity contribution in [3.05, 3.63) is 32.2 Å². The van der Waals surface area contributed by atoms with Crippen LogP contribution in [0, 0.1) is 6.92 Å². The van der Waals surface area contributed by atoms with E-state index in [0.717, 1.165) is 28.7 Å². The van der Waals surface area contributed by atoms with Crippen LogP contribution in [0.2, 0.25) is 0 Å². The van der Waals surface area contributed by atoms with Gasteiger partial charge in [0.05, 0.1) is 0 Å². The topological polar surface area (TPSA) is 22.0 Å². The van der Waals surface area contributed by atoms with Crippen molar-refractivity contribution < 1.29 is 0 Å². The first-order valence-corrected chi connectivity index (χ1v) is 5.29. The Morgan fingerprint density at radius 3 is 2.54 bits per heavy atom. The average Bonchev–Trinajstić information content (AvgIpc) is 2.12. The number of hydrogen-bond donors (Lipinski definition) is 0. The van der Waals surface area contributed by atoms with Gasteiger partial charge in [-0.1, -0.05) is 6.92 Å². The Hall–Kier alpha value is -0.570. The number of aromatic nitrogens is 1. The lowest BCUT2D eigenvalue weighted by molar-refractivity contribution is 0.687. The molecule has 0 bridgehead atoms. The molecule has 2 nitrogen and oxygen atoms in total. The van der Waals surface area contributed by atoms with Gasteiger partial charge in [-0.05, 0) is 42.3 Å². The zero-order valence-electron chi connectivity index (χ0n) is 8.22. The van der Waals surface area contributed by atoms with Crippen molar-refractivity contribution in [2.75, 3.05) is 0 Å². The molecule has 0 amide bonds. The Morgan fingerprint density at radius 1 is 1.46 bits per heavy atom. The van der Waals surface area contributed by atoms with E-state index in [1.165, 1.54) is 0 Å². The van der Waals surface area contributed by atoms with Crippen LogP contribution >= 0.6 is 15.9 Å². The third kappa shape index (κ3) is 1.85. The molecule has 0 N–H and O–H groups in total. The summed E-state index contributed by atoms with van der Waals surface area (Å²) in [4.78, 5) is 11.7. The third-order valence-corrected chi connectivity index (χ3v) is 3.07. The van der Waals surface area contributed by atoms with Gasteiger partial charge in [0, 0.05) is 22.3 Å². The maximum atomic E-state index is 11.7. The highest BCUT2D eigenvalue weighted by Crippen LogP contribution is 2.15. The smallest absolute Gasteiger partial charge is 0.253 e. The van der Waals surface area contributed by atoms with Crippen molar-refractivity contribution >= 4 is 15.9 Å². The number of aryl methyl sites for hydroxylation is 1. The van der Waals surface area contributed by atoms with Crippen LogP contribution in [0.15, 0.2) is 15.3 Å². The molecule has 0 fully saturated rings. The van der Waals surface area contributed by atoms with Gasteiger partial charge in [0.25, 0.3) is 5.56 Å². The van der Waals surface area contributed by atoms with Crippen LogP contribution < -0.4 is 5.56 Å². The fourth-order valence-electron chi connectivity index (χ4n) is 1.41. The SMILES string of the molecule is CCc1cc(Br)c(C)n(CC)c1=O. The maximum absolute atomic E-state index is 11.7. The van der Waals surface area contributed by atoms with Gasteiger partial charge in [0.15, 0.2) is 0 Å². The molecule has 72 valence electrons. The molecule has 1 heterocycles. The molecule has 0 aliphatic carbocycles. The Kier molecular flexibility index (Phi) is 3.31. The molecule has 3 heteroatoms. The lowest BCUT2D eigenvalue weighted by atomic mass is 10.2. The van der Waals surface area contributed by atoms with E-state index in [1.54, 1.807) is 4.57 Å². The van der Waals surface area contributed by atoms with Crippen molar-refractivity contribution in [1.29, 1.82) is 0 Å².